The lowest BCUT2D eigenvalue weighted by atomic mass is 10.0. The lowest BCUT2D eigenvalue weighted by molar-refractivity contribution is -0.133. The molecule has 0 radical (unpaired) electrons. The number of carbonyl (C=O) groups is 1. The molecular weight excluding hydrogens is 380 g/mol. The zero-order chi connectivity index (χ0) is 20.8. The Morgan fingerprint density at radius 1 is 1.03 bits per heavy atom. The smallest absolute Gasteiger partial charge is 0.267 e. The van der Waals surface area contributed by atoms with Gasteiger partial charge in [-0.05, 0) is 43.9 Å². The first-order chi connectivity index (χ1) is 14.7. The first-order valence-electron chi connectivity index (χ1n) is 10.9. The fourth-order valence-electron chi connectivity index (χ4n) is 4.59. The van der Waals surface area contributed by atoms with Gasteiger partial charge in [0.15, 0.2) is 0 Å². The molecule has 1 aromatic heterocycles. The second kappa shape index (κ2) is 10.00. The minimum atomic E-state index is -0.240. The zero-order valence-electron chi connectivity index (χ0n) is 17.4. The van der Waals surface area contributed by atoms with Crippen LogP contribution in [0.1, 0.15) is 31.2 Å². The number of carbonyl (C=O) groups excluding carboxylic acids is 1. The first-order valence-corrected chi connectivity index (χ1v) is 10.9. The highest BCUT2D eigenvalue weighted by molar-refractivity contribution is 5.76. The van der Waals surface area contributed by atoms with Crippen LogP contribution < -0.4 is 5.56 Å². The Balaban J connectivity index is 1.24. The van der Waals surface area contributed by atoms with E-state index >= 15 is 0 Å². The van der Waals surface area contributed by atoms with Crippen molar-refractivity contribution in [1.82, 2.24) is 19.6 Å². The Hall–Kier alpha value is -2.51. The van der Waals surface area contributed by atoms with Crippen molar-refractivity contribution >= 4 is 5.91 Å². The molecule has 0 saturated carbocycles. The minimum Gasteiger partial charge on any atom is -0.375 e. The molecule has 2 fully saturated rings. The van der Waals surface area contributed by atoms with E-state index in [-0.39, 0.29) is 18.0 Å². The molecule has 2 aliphatic heterocycles. The quantitative estimate of drug-likeness (QED) is 0.698. The molecule has 1 unspecified atom stereocenters. The Kier molecular flexibility index (Phi) is 6.92. The molecule has 2 aliphatic rings. The van der Waals surface area contributed by atoms with E-state index in [1.54, 1.807) is 6.07 Å². The third-order valence-electron chi connectivity index (χ3n) is 6.20. The molecule has 4 rings (SSSR count). The summed E-state index contributed by atoms with van der Waals surface area (Å²) in [6.07, 6.45) is 5.86. The van der Waals surface area contributed by atoms with E-state index in [1.165, 1.54) is 35.4 Å². The van der Waals surface area contributed by atoms with Gasteiger partial charge in [-0.25, -0.2) is 4.68 Å². The molecule has 160 valence electrons. The van der Waals surface area contributed by atoms with Crippen molar-refractivity contribution in [3.05, 3.63) is 64.6 Å². The molecule has 0 aliphatic carbocycles. The molecule has 0 bridgehead atoms. The molecule has 7 nitrogen and oxygen atoms in total. The summed E-state index contributed by atoms with van der Waals surface area (Å²) < 4.78 is 7.25. The van der Waals surface area contributed by atoms with Crippen molar-refractivity contribution in [2.75, 3.05) is 26.2 Å². The Morgan fingerprint density at radius 2 is 1.83 bits per heavy atom. The first kappa shape index (κ1) is 20.8. The average molecular weight is 411 g/mol. The third kappa shape index (κ3) is 5.15. The maximum atomic E-state index is 12.6. The van der Waals surface area contributed by atoms with Gasteiger partial charge in [0, 0.05) is 37.4 Å². The van der Waals surface area contributed by atoms with Crippen molar-refractivity contribution in [3.63, 3.8) is 0 Å². The highest BCUT2D eigenvalue weighted by Gasteiger charge is 2.33. The average Bonchev–Trinajstić information content (AvgIpc) is 3.25. The van der Waals surface area contributed by atoms with Gasteiger partial charge in [0.1, 0.15) is 6.54 Å². The van der Waals surface area contributed by atoms with E-state index in [9.17, 15) is 9.59 Å². The molecule has 2 aromatic rings. The van der Waals surface area contributed by atoms with Crippen LogP contribution in [0.4, 0.5) is 0 Å². The van der Waals surface area contributed by atoms with E-state index in [4.69, 9.17) is 4.74 Å². The number of amides is 1. The van der Waals surface area contributed by atoms with Crippen LogP contribution in [0.3, 0.4) is 0 Å². The number of rotatable bonds is 7. The molecule has 3 heterocycles. The van der Waals surface area contributed by atoms with Gasteiger partial charge in [-0.3, -0.25) is 14.5 Å². The molecule has 0 spiro atoms. The summed E-state index contributed by atoms with van der Waals surface area (Å²) in [5, 5.41) is 3.99. The van der Waals surface area contributed by atoms with Crippen LogP contribution >= 0.6 is 0 Å². The number of ether oxygens (including phenoxy) is 1. The van der Waals surface area contributed by atoms with Gasteiger partial charge in [-0.15, -0.1) is 0 Å². The summed E-state index contributed by atoms with van der Waals surface area (Å²) >= 11 is 0. The van der Waals surface area contributed by atoms with Crippen molar-refractivity contribution in [3.8, 4) is 0 Å². The maximum Gasteiger partial charge on any atom is 0.267 e. The maximum absolute atomic E-state index is 12.6. The van der Waals surface area contributed by atoms with E-state index in [1.807, 2.05) is 23.1 Å². The van der Waals surface area contributed by atoms with Crippen LogP contribution in [0.5, 0.6) is 0 Å². The normalized spacial score (nSPS) is 20.5. The van der Waals surface area contributed by atoms with E-state index in [0.29, 0.717) is 18.7 Å². The topological polar surface area (TPSA) is 67.7 Å². The second-order valence-electron chi connectivity index (χ2n) is 8.17. The second-order valence-corrected chi connectivity index (χ2v) is 8.17. The lowest BCUT2D eigenvalue weighted by Gasteiger charge is -2.39. The van der Waals surface area contributed by atoms with Crippen LogP contribution in [0, 0.1) is 0 Å². The molecule has 0 N–H and O–H groups in total. The molecule has 2 saturated heterocycles. The standard InChI is InChI=1S/C23H30N4O3/c28-22-9-4-12-24-27(22)16-23(29)25-14-10-20(11-15-25)26-13-5-8-21(26)18-30-17-19-6-2-1-3-7-19/h1-4,6-7,9,12,20-21H,5,8,10-11,13-18H2. The molecule has 1 atom stereocenters. The summed E-state index contributed by atoms with van der Waals surface area (Å²) in [4.78, 5) is 28.8. The van der Waals surface area contributed by atoms with Gasteiger partial charge in [0.05, 0.1) is 13.2 Å². The SMILES string of the molecule is O=C(Cn1ncccc1=O)N1CCC(N2CCCC2COCc2ccccc2)CC1. The molecule has 1 aromatic carbocycles. The van der Waals surface area contributed by atoms with Crippen LogP contribution in [0.2, 0.25) is 0 Å². The van der Waals surface area contributed by atoms with Crippen LogP contribution in [0.15, 0.2) is 53.5 Å². The monoisotopic (exact) mass is 410 g/mol. The summed E-state index contributed by atoms with van der Waals surface area (Å²) in [7, 11) is 0. The van der Waals surface area contributed by atoms with Gasteiger partial charge in [0.2, 0.25) is 5.91 Å². The van der Waals surface area contributed by atoms with Gasteiger partial charge in [-0.2, -0.15) is 5.10 Å². The van der Waals surface area contributed by atoms with Gasteiger partial charge in [0.25, 0.3) is 5.56 Å². The predicted molar refractivity (Wildman–Crippen MR) is 114 cm³/mol. The fourth-order valence-corrected chi connectivity index (χ4v) is 4.59. The van der Waals surface area contributed by atoms with Gasteiger partial charge >= 0.3 is 0 Å². The largest absolute Gasteiger partial charge is 0.375 e. The van der Waals surface area contributed by atoms with Crippen LogP contribution in [-0.4, -0.2) is 63.8 Å². The van der Waals surface area contributed by atoms with Crippen LogP contribution in [-0.2, 0) is 22.7 Å². The number of piperidine rings is 1. The lowest BCUT2D eigenvalue weighted by Crippen LogP contribution is -2.50. The molecule has 1 amide bonds. The molecular formula is C23H30N4O3. The predicted octanol–water partition coefficient (Wildman–Crippen LogP) is 1.92. The minimum absolute atomic E-state index is 0.0179. The Labute approximate surface area is 177 Å². The summed E-state index contributed by atoms with van der Waals surface area (Å²) in [5.41, 5.74) is 0.969. The van der Waals surface area contributed by atoms with Crippen molar-refractivity contribution in [2.45, 2.75) is 50.9 Å². The highest BCUT2D eigenvalue weighted by Crippen LogP contribution is 2.26. The van der Waals surface area contributed by atoms with E-state index in [2.05, 4.69) is 22.1 Å². The summed E-state index contributed by atoms with van der Waals surface area (Å²) in [6, 6.07) is 14.3. The van der Waals surface area contributed by atoms with E-state index < -0.39 is 0 Å². The summed E-state index contributed by atoms with van der Waals surface area (Å²) in [6.45, 7) is 4.02. The highest BCUT2D eigenvalue weighted by atomic mass is 16.5. The Bertz CT molecular complexity index is 877. The number of hydrogen-bond donors (Lipinski definition) is 0. The van der Waals surface area contributed by atoms with E-state index in [0.717, 1.165) is 39.1 Å². The zero-order valence-corrected chi connectivity index (χ0v) is 17.4. The van der Waals surface area contributed by atoms with Crippen molar-refractivity contribution in [1.29, 1.82) is 0 Å². The van der Waals surface area contributed by atoms with Crippen molar-refractivity contribution in [2.24, 2.45) is 0 Å². The molecule has 7 heteroatoms. The summed E-state index contributed by atoms with van der Waals surface area (Å²) in [5.74, 6) is -0.0292. The number of likely N-dealkylation sites (tertiary alicyclic amines) is 2. The molecule has 30 heavy (non-hydrogen) atoms. The third-order valence-corrected chi connectivity index (χ3v) is 6.20. The number of benzene rings is 1. The van der Waals surface area contributed by atoms with Crippen molar-refractivity contribution < 1.29 is 9.53 Å². The van der Waals surface area contributed by atoms with Gasteiger partial charge in [-0.1, -0.05) is 30.3 Å². The number of hydrogen-bond acceptors (Lipinski definition) is 5. The number of nitrogens with zero attached hydrogens (tertiary/aromatic N) is 4. The number of aromatic nitrogens is 2. The fraction of sp³-hybridized carbons (Fsp3) is 0.522. The van der Waals surface area contributed by atoms with Crippen LogP contribution in [0.25, 0.3) is 0 Å². The van der Waals surface area contributed by atoms with Gasteiger partial charge < -0.3 is 9.64 Å². The Morgan fingerprint density at radius 3 is 2.60 bits per heavy atom.